The average Bonchev–Trinajstić information content (AvgIpc) is 2.94. The molecule has 0 unspecified atom stereocenters. The van der Waals surface area contributed by atoms with Crippen LogP contribution in [0.15, 0.2) is 24.3 Å². The van der Waals surface area contributed by atoms with Gasteiger partial charge in [-0.05, 0) is 37.8 Å². The van der Waals surface area contributed by atoms with Gasteiger partial charge in [0.1, 0.15) is 0 Å². The fraction of sp³-hybridized carbons (Fsp3) is 0.500. The number of benzene rings is 1. The highest BCUT2D eigenvalue weighted by molar-refractivity contribution is 5.81. The van der Waals surface area contributed by atoms with E-state index in [1.54, 1.807) is 12.1 Å². The van der Waals surface area contributed by atoms with Gasteiger partial charge in [-0.25, -0.2) is 4.39 Å². The van der Waals surface area contributed by atoms with E-state index in [1.165, 1.54) is 12.1 Å². The van der Waals surface area contributed by atoms with Crippen molar-refractivity contribution in [2.75, 3.05) is 0 Å². The number of rotatable bonds is 5. The Hall–Kier alpha value is -2.09. The average molecular weight is 290 g/mol. The largest absolute Gasteiger partial charge is 0.478 e. The third-order valence-corrected chi connectivity index (χ3v) is 3.73. The molecule has 3 atom stereocenters. The molecule has 2 rings (SSSR count). The number of ether oxygens (including phenoxy) is 1. The van der Waals surface area contributed by atoms with Crippen LogP contribution in [-0.4, -0.2) is 18.1 Å². The monoisotopic (exact) mass is 290 g/mol. The first-order valence-electron chi connectivity index (χ1n) is 7.25. The lowest BCUT2D eigenvalue weighted by Crippen LogP contribution is -2.42. The first-order chi connectivity index (χ1) is 10.1. The number of amides is 1. The molecule has 5 heteroatoms. The predicted octanol–water partition coefficient (Wildman–Crippen LogP) is 2.79. The Kier molecular flexibility index (Phi) is 5.15. The topological polar surface area (TPSA) is 62.1 Å². The van der Waals surface area contributed by atoms with E-state index in [0.717, 1.165) is 12.8 Å². The Morgan fingerprint density at radius 2 is 2.29 bits per heavy atom. The van der Waals surface area contributed by atoms with Gasteiger partial charge in [0.25, 0.3) is 5.91 Å². The van der Waals surface area contributed by atoms with Crippen LogP contribution in [0, 0.1) is 23.1 Å². The van der Waals surface area contributed by atoms with E-state index >= 15 is 0 Å². The lowest BCUT2D eigenvalue weighted by Gasteiger charge is -2.20. The summed E-state index contributed by atoms with van der Waals surface area (Å²) in [5, 5.41) is 11.8. The minimum atomic E-state index is -0.719. The summed E-state index contributed by atoms with van der Waals surface area (Å²) in [5.41, 5.74) is 0. The minimum absolute atomic E-state index is 0.0143. The van der Waals surface area contributed by atoms with Crippen LogP contribution in [0.4, 0.5) is 4.39 Å². The summed E-state index contributed by atoms with van der Waals surface area (Å²) < 4.78 is 19.0. The smallest absolute Gasteiger partial charge is 0.261 e. The number of carbonyl (C=O) groups is 1. The maximum absolute atomic E-state index is 13.6. The Bertz CT molecular complexity index is 541. The van der Waals surface area contributed by atoms with Gasteiger partial charge in [0.15, 0.2) is 17.7 Å². The van der Waals surface area contributed by atoms with Gasteiger partial charge in [-0.2, -0.15) is 5.26 Å². The van der Waals surface area contributed by atoms with Crippen LogP contribution in [0.2, 0.25) is 0 Å². The Labute approximate surface area is 123 Å². The highest BCUT2D eigenvalue weighted by Gasteiger charge is 2.28. The van der Waals surface area contributed by atoms with E-state index in [-0.39, 0.29) is 23.6 Å². The third kappa shape index (κ3) is 3.94. The molecule has 1 aromatic carbocycles. The normalized spacial score (nSPS) is 22.3. The Balaban J connectivity index is 1.93. The summed E-state index contributed by atoms with van der Waals surface area (Å²) in [5.74, 6) is -0.623. The molecule has 0 aromatic heterocycles. The fourth-order valence-corrected chi connectivity index (χ4v) is 2.54. The van der Waals surface area contributed by atoms with Crippen LogP contribution < -0.4 is 10.1 Å². The highest BCUT2D eigenvalue weighted by Crippen LogP contribution is 2.25. The molecular formula is C16H19FN2O2. The summed E-state index contributed by atoms with van der Waals surface area (Å²) >= 11 is 0. The maximum atomic E-state index is 13.6. The van der Waals surface area contributed by atoms with E-state index in [4.69, 9.17) is 10.00 Å². The molecule has 1 aliphatic carbocycles. The first kappa shape index (κ1) is 15.3. The van der Waals surface area contributed by atoms with Crippen LogP contribution in [0.1, 0.15) is 32.6 Å². The standard InChI is InChI=1S/C16H19FN2O2/c1-2-14(21-15-6-4-3-5-13(15)17)16(20)19-12-8-7-11(9-12)10-18/h3-6,11-12,14H,2,7-9H2,1H3,(H,19,20)/t11-,12-,14+/m1/s1. The molecule has 1 aliphatic rings. The first-order valence-corrected chi connectivity index (χ1v) is 7.25. The van der Waals surface area contributed by atoms with E-state index in [1.807, 2.05) is 6.92 Å². The maximum Gasteiger partial charge on any atom is 0.261 e. The number of para-hydroxylation sites is 1. The molecule has 0 spiro atoms. The van der Waals surface area contributed by atoms with Crippen LogP contribution in [0.5, 0.6) is 5.75 Å². The molecule has 1 fully saturated rings. The number of hydrogen-bond acceptors (Lipinski definition) is 3. The van der Waals surface area contributed by atoms with Gasteiger partial charge in [-0.1, -0.05) is 19.1 Å². The molecule has 112 valence electrons. The number of halogens is 1. The van der Waals surface area contributed by atoms with Gasteiger partial charge < -0.3 is 10.1 Å². The summed E-state index contributed by atoms with van der Waals surface area (Å²) in [7, 11) is 0. The zero-order valence-corrected chi connectivity index (χ0v) is 12.0. The molecular weight excluding hydrogens is 271 g/mol. The van der Waals surface area contributed by atoms with E-state index in [9.17, 15) is 9.18 Å². The fourth-order valence-electron chi connectivity index (χ4n) is 2.54. The molecule has 0 radical (unpaired) electrons. The molecule has 0 saturated heterocycles. The molecule has 1 saturated carbocycles. The van der Waals surface area contributed by atoms with Gasteiger partial charge >= 0.3 is 0 Å². The second-order valence-corrected chi connectivity index (χ2v) is 5.29. The second kappa shape index (κ2) is 7.07. The number of nitrogens with zero attached hydrogens (tertiary/aromatic N) is 1. The van der Waals surface area contributed by atoms with Crippen molar-refractivity contribution in [3.05, 3.63) is 30.1 Å². The summed E-state index contributed by atoms with van der Waals surface area (Å²) in [6.07, 6.45) is 2.03. The van der Waals surface area contributed by atoms with Crippen molar-refractivity contribution in [2.45, 2.75) is 44.8 Å². The van der Waals surface area contributed by atoms with Gasteiger partial charge in [-0.15, -0.1) is 0 Å². The van der Waals surface area contributed by atoms with Crippen molar-refractivity contribution in [1.82, 2.24) is 5.32 Å². The zero-order chi connectivity index (χ0) is 15.2. The Morgan fingerprint density at radius 3 is 2.90 bits per heavy atom. The van der Waals surface area contributed by atoms with E-state index < -0.39 is 11.9 Å². The molecule has 21 heavy (non-hydrogen) atoms. The number of hydrogen-bond donors (Lipinski definition) is 1. The van der Waals surface area contributed by atoms with Gasteiger partial charge in [-0.3, -0.25) is 4.79 Å². The number of nitrogens with one attached hydrogen (secondary N) is 1. The van der Waals surface area contributed by atoms with Crippen molar-refractivity contribution in [1.29, 1.82) is 5.26 Å². The van der Waals surface area contributed by atoms with Crippen molar-refractivity contribution in [3.8, 4) is 11.8 Å². The summed E-state index contributed by atoms with van der Waals surface area (Å²) in [4.78, 5) is 12.2. The van der Waals surface area contributed by atoms with Crippen molar-refractivity contribution in [2.24, 2.45) is 5.92 Å². The summed E-state index contributed by atoms with van der Waals surface area (Å²) in [6.45, 7) is 1.82. The highest BCUT2D eigenvalue weighted by atomic mass is 19.1. The van der Waals surface area contributed by atoms with Crippen LogP contribution >= 0.6 is 0 Å². The van der Waals surface area contributed by atoms with E-state index in [2.05, 4.69) is 11.4 Å². The van der Waals surface area contributed by atoms with Crippen molar-refractivity contribution < 1.29 is 13.9 Å². The number of carbonyl (C=O) groups excluding carboxylic acids is 1. The van der Waals surface area contributed by atoms with Crippen LogP contribution in [-0.2, 0) is 4.79 Å². The molecule has 0 aliphatic heterocycles. The van der Waals surface area contributed by atoms with Gasteiger partial charge in [0.2, 0.25) is 0 Å². The molecule has 4 nitrogen and oxygen atoms in total. The lowest BCUT2D eigenvalue weighted by atomic mass is 10.1. The van der Waals surface area contributed by atoms with Gasteiger partial charge in [0, 0.05) is 12.0 Å². The summed E-state index contributed by atoms with van der Waals surface area (Å²) in [6, 6.07) is 8.28. The quantitative estimate of drug-likeness (QED) is 0.907. The van der Waals surface area contributed by atoms with E-state index in [0.29, 0.717) is 12.8 Å². The third-order valence-electron chi connectivity index (χ3n) is 3.73. The van der Waals surface area contributed by atoms with Crippen molar-refractivity contribution >= 4 is 5.91 Å². The van der Waals surface area contributed by atoms with Gasteiger partial charge in [0.05, 0.1) is 6.07 Å². The van der Waals surface area contributed by atoms with Crippen LogP contribution in [0.25, 0.3) is 0 Å². The zero-order valence-electron chi connectivity index (χ0n) is 12.0. The molecule has 1 N–H and O–H groups in total. The predicted molar refractivity (Wildman–Crippen MR) is 76.0 cm³/mol. The lowest BCUT2D eigenvalue weighted by molar-refractivity contribution is -0.128. The minimum Gasteiger partial charge on any atom is -0.478 e. The molecule has 1 aromatic rings. The SMILES string of the molecule is CC[C@H](Oc1ccccc1F)C(=O)N[C@@H]1CC[C@@H](C#N)C1. The van der Waals surface area contributed by atoms with Crippen LogP contribution in [0.3, 0.4) is 0 Å². The Morgan fingerprint density at radius 1 is 1.52 bits per heavy atom. The van der Waals surface area contributed by atoms with Crippen molar-refractivity contribution in [3.63, 3.8) is 0 Å². The number of nitriles is 1. The molecule has 1 amide bonds. The molecule has 0 heterocycles. The second-order valence-electron chi connectivity index (χ2n) is 5.29. The molecule has 0 bridgehead atoms.